The highest BCUT2D eigenvalue weighted by molar-refractivity contribution is 5.92. The summed E-state index contributed by atoms with van der Waals surface area (Å²) < 4.78 is 6.24. The van der Waals surface area contributed by atoms with E-state index in [0.29, 0.717) is 18.0 Å². The Balaban J connectivity index is 0.862. The van der Waals surface area contributed by atoms with Gasteiger partial charge in [-0.25, -0.2) is 0 Å². The average molecular weight is 777 g/mol. The zero-order valence-corrected chi connectivity index (χ0v) is 34.3. The summed E-state index contributed by atoms with van der Waals surface area (Å²) in [5.74, 6) is 1.52. The van der Waals surface area contributed by atoms with Crippen molar-refractivity contribution >= 4 is 34.1 Å². The third kappa shape index (κ3) is 5.55. The van der Waals surface area contributed by atoms with Crippen molar-refractivity contribution in [3.8, 4) is 22.3 Å². The van der Waals surface area contributed by atoms with Crippen molar-refractivity contribution in [2.75, 3.05) is 9.80 Å². The van der Waals surface area contributed by atoms with E-state index in [1.807, 2.05) is 0 Å². The van der Waals surface area contributed by atoms with Crippen LogP contribution in [-0.2, 0) is 6.42 Å². The number of nitrogens with zero attached hydrogens (tertiary/aromatic N) is 2. The van der Waals surface area contributed by atoms with Gasteiger partial charge < -0.3 is 14.2 Å². The smallest absolute Gasteiger partial charge is 0.134 e. The maximum atomic E-state index is 6.24. The van der Waals surface area contributed by atoms with Gasteiger partial charge in [0.25, 0.3) is 0 Å². The lowest BCUT2D eigenvalue weighted by Crippen LogP contribution is -2.42. The Kier molecular flexibility index (Phi) is 8.10. The van der Waals surface area contributed by atoms with E-state index >= 15 is 0 Å². The van der Waals surface area contributed by atoms with Gasteiger partial charge in [-0.2, -0.15) is 0 Å². The van der Waals surface area contributed by atoms with Gasteiger partial charge in [-0.15, -0.1) is 0 Å². The third-order valence-corrected chi connectivity index (χ3v) is 14.3. The molecule has 0 N–H and O–H groups in total. The summed E-state index contributed by atoms with van der Waals surface area (Å²) in [6.45, 7) is 4.97. The highest BCUT2D eigenvalue weighted by Gasteiger charge is 2.46. The third-order valence-electron chi connectivity index (χ3n) is 14.3. The lowest BCUT2D eigenvalue weighted by atomic mass is 9.74. The molecule has 6 aromatic rings. The van der Waals surface area contributed by atoms with Gasteiger partial charge in [-0.05, 0) is 101 Å². The molecule has 2 heterocycles. The van der Waals surface area contributed by atoms with E-state index in [1.54, 1.807) is 11.1 Å². The van der Waals surface area contributed by atoms with E-state index in [2.05, 4.69) is 206 Å². The van der Waals surface area contributed by atoms with Gasteiger partial charge in [0.2, 0.25) is 0 Å². The second-order valence-electron chi connectivity index (χ2n) is 17.8. The molecular formula is C57H48N2O. The molecule has 5 aliphatic carbocycles. The van der Waals surface area contributed by atoms with Crippen LogP contribution in [0.1, 0.15) is 55.9 Å². The van der Waals surface area contributed by atoms with Crippen molar-refractivity contribution in [1.29, 1.82) is 0 Å². The van der Waals surface area contributed by atoms with Gasteiger partial charge in [0, 0.05) is 45.8 Å². The first-order valence-corrected chi connectivity index (χ1v) is 21.8. The van der Waals surface area contributed by atoms with Crippen LogP contribution in [0.3, 0.4) is 0 Å². The molecular weight excluding hydrogens is 729 g/mol. The van der Waals surface area contributed by atoms with Crippen LogP contribution in [-0.4, -0.2) is 18.1 Å². The second-order valence-corrected chi connectivity index (χ2v) is 17.8. The van der Waals surface area contributed by atoms with Crippen molar-refractivity contribution in [3.05, 3.63) is 215 Å². The first-order chi connectivity index (χ1) is 29.5. The molecule has 0 amide bonds. The Morgan fingerprint density at radius 3 is 2.10 bits per heavy atom. The predicted molar refractivity (Wildman–Crippen MR) is 250 cm³/mol. The van der Waals surface area contributed by atoms with Crippen molar-refractivity contribution in [2.45, 2.75) is 63.6 Å². The summed E-state index contributed by atoms with van der Waals surface area (Å²) in [4.78, 5) is 5.27. The average Bonchev–Trinajstić information content (AvgIpc) is 3.92. The second kappa shape index (κ2) is 13.7. The van der Waals surface area contributed by atoms with Crippen LogP contribution in [0, 0.1) is 5.41 Å². The first kappa shape index (κ1) is 35.4. The Bertz CT molecular complexity index is 2910. The Labute approximate surface area is 353 Å². The fourth-order valence-corrected chi connectivity index (χ4v) is 11.3. The van der Waals surface area contributed by atoms with Gasteiger partial charge in [0.1, 0.15) is 11.3 Å². The van der Waals surface area contributed by atoms with E-state index < -0.39 is 0 Å². The number of para-hydroxylation sites is 1. The van der Waals surface area contributed by atoms with Crippen LogP contribution in [0.2, 0.25) is 0 Å². The number of aryl methyl sites for hydroxylation is 1. The summed E-state index contributed by atoms with van der Waals surface area (Å²) in [5, 5.41) is 1.20. The number of allylic oxidation sites excluding steroid dienone is 7. The minimum absolute atomic E-state index is 0.0511. The molecule has 6 aliphatic rings. The van der Waals surface area contributed by atoms with Crippen molar-refractivity contribution < 1.29 is 4.42 Å². The molecule has 4 unspecified atom stereocenters. The Morgan fingerprint density at radius 2 is 1.30 bits per heavy atom. The monoisotopic (exact) mass is 776 g/mol. The van der Waals surface area contributed by atoms with Crippen LogP contribution >= 0.6 is 0 Å². The number of benzene rings is 5. The summed E-state index contributed by atoms with van der Waals surface area (Å²) in [6, 6.07) is 45.6. The van der Waals surface area contributed by atoms with Gasteiger partial charge >= 0.3 is 0 Å². The van der Waals surface area contributed by atoms with Crippen molar-refractivity contribution in [2.24, 2.45) is 5.41 Å². The Morgan fingerprint density at radius 1 is 0.633 bits per heavy atom. The number of hydrogen-bond acceptors (Lipinski definition) is 3. The zero-order chi connectivity index (χ0) is 40.0. The number of rotatable bonds is 6. The number of anilines is 3. The maximum Gasteiger partial charge on any atom is 0.134 e. The molecule has 292 valence electrons. The molecule has 12 rings (SSSR count). The van der Waals surface area contributed by atoms with Gasteiger partial charge in [-0.1, -0.05) is 165 Å². The normalized spacial score (nSPS) is 22.9. The summed E-state index contributed by atoms with van der Waals surface area (Å²) in [6.07, 6.45) is 27.6. The summed E-state index contributed by atoms with van der Waals surface area (Å²) in [5.41, 5.74) is 18.3. The maximum absolute atomic E-state index is 6.24. The predicted octanol–water partition coefficient (Wildman–Crippen LogP) is 14.3. The molecule has 1 aromatic heterocycles. The number of furan rings is 1. The van der Waals surface area contributed by atoms with Crippen LogP contribution in [0.25, 0.3) is 39.3 Å². The van der Waals surface area contributed by atoms with Crippen molar-refractivity contribution in [3.63, 3.8) is 0 Å². The van der Waals surface area contributed by atoms with Crippen LogP contribution in [0.15, 0.2) is 203 Å². The molecule has 0 fully saturated rings. The lowest BCUT2D eigenvalue weighted by Gasteiger charge is -2.40. The van der Waals surface area contributed by atoms with Gasteiger partial charge in [0.05, 0.1) is 18.1 Å². The molecule has 3 heteroatoms. The molecule has 4 atom stereocenters. The van der Waals surface area contributed by atoms with Crippen molar-refractivity contribution in [1.82, 2.24) is 0 Å². The number of hydrogen-bond donors (Lipinski definition) is 0. The van der Waals surface area contributed by atoms with Crippen LogP contribution in [0.5, 0.6) is 0 Å². The van der Waals surface area contributed by atoms with Gasteiger partial charge in [-0.3, -0.25) is 0 Å². The molecule has 60 heavy (non-hydrogen) atoms. The molecule has 0 spiro atoms. The summed E-state index contributed by atoms with van der Waals surface area (Å²) >= 11 is 0. The molecule has 0 saturated carbocycles. The molecule has 5 aromatic carbocycles. The van der Waals surface area contributed by atoms with Crippen LogP contribution in [0.4, 0.5) is 17.1 Å². The highest BCUT2D eigenvalue weighted by atomic mass is 16.3. The number of fused-ring (bicyclic) bond motifs is 7. The fraction of sp³-hybridized carbons (Fsp3) is 0.193. The minimum atomic E-state index is -0.0511. The van der Waals surface area contributed by atoms with E-state index in [-0.39, 0.29) is 11.5 Å². The quantitative estimate of drug-likeness (QED) is 0.168. The lowest BCUT2D eigenvalue weighted by molar-refractivity contribution is 0.474. The molecule has 0 saturated heterocycles. The molecule has 3 nitrogen and oxygen atoms in total. The van der Waals surface area contributed by atoms with Crippen LogP contribution < -0.4 is 9.80 Å². The molecule has 1 aliphatic heterocycles. The van der Waals surface area contributed by atoms with E-state index in [1.165, 1.54) is 67.0 Å². The SMILES string of the molecule is CC1(C)C2=C(C=CC(N(c3ccc(-c4ccccc4)cc3)c3ccc(-c4ccc5oc6c(c5c4)C=CCC6)cc3)C2)C2=C1CC(N1c3ccccc3C3C=CC=CC31)C=C2. The minimum Gasteiger partial charge on any atom is -0.460 e. The van der Waals surface area contributed by atoms with E-state index in [9.17, 15) is 0 Å². The van der Waals surface area contributed by atoms with Gasteiger partial charge in [0.15, 0.2) is 0 Å². The molecule has 0 bridgehead atoms. The largest absolute Gasteiger partial charge is 0.460 e. The fourth-order valence-electron chi connectivity index (χ4n) is 11.3. The van der Waals surface area contributed by atoms with E-state index in [0.717, 1.165) is 37.0 Å². The molecule has 0 radical (unpaired) electrons. The Hall–Kier alpha value is -6.58. The summed E-state index contributed by atoms with van der Waals surface area (Å²) in [7, 11) is 0. The topological polar surface area (TPSA) is 19.6 Å². The zero-order valence-electron chi connectivity index (χ0n) is 34.3. The first-order valence-electron chi connectivity index (χ1n) is 21.8. The standard InChI is InChI=1S/C57H48N2O/c1-57(2)51-35-43(29-31-45(51)46-32-30-44(36-52(46)57)59-53-17-9-6-14-47(53)48-15-7-10-18-54(48)59)58(41-25-20-38(21-26-41)37-12-4-3-5-13-37)42-27-22-39(23-28-42)40-24-33-56-50(34-40)49-16-8-11-19-55(49)60-56/h3-10,12-18,20-34,43-44,47,53H,11,19,35-36H2,1-2H3. The highest BCUT2D eigenvalue weighted by Crippen LogP contribution is 2.56. The van der Waals surface area contributed by atoms with E-state index in [4.69, 9.17) is 4.42 Å².